The predicted molar refractivity (Wildman–Crippen MR) is 117 cm³/mol. The van der Waals surface area contributed by atoms with Crippen molar-refractivity contribution in [2.45, 2.75) is 97.8 Å². The van der Waals surface area contributed by atoms with E-state index >= 15 is 0 Å². The molecule has 0 amide bonds. The number of rotatable bonds is 16. The lowest BCUT2D eigenvalue weighted by Gasteiger charge is -2.10. The largest absolute Gasteiger partial charge is 0.254 e. The van der Waals surface area contributed by atoms with Gasteiger partial charge < -0.3 is 0 Å². The van der Waals surface area contributed by atoms with E-state index in [0.29, 0.717) is 0 Å². The molecule has 2 heteroatoms. The van der Waals surface area contributed by atoms with Crippen molar-refractivity contribution in [3.8, 4) is 0 Å². The van der Waals surface area contributed by atoms with Gasteiger partial charge in [-0.15, -0.1) is 0 Å². The highest BCUT2D eigenvalue weighted by Gasteiger charge is 1.92. The van der Waals surface area contributed by atoms with E-state index in [4.69, 9.17) is 0 Å². The van der Waals surface area contributed by atoms with Gasteiger partial charge in [-0.2, -0.15) is 0 Å². The van der Waals surface area contributed by atoms with Gasteiger partial charge in [-0.1, -0.05) is 115 Å². The van der Waals surface area contributed by atoms with Crippen molar-refractivity contribution in [3.63, 3.8) is 0 Å². The molecule has 0 aliphatic heterocycles. The molecule has 0 aromatic heterocycles. The van der Waals surface area contributed by atoms with E-state index in [1.54, 1.807) is 0 Å². The smallest absolute Gasteiger partial charge is 0.00806 e. The molecule has 144 valence electrons. The van der Waals surface area contributed by atoms with Gasteiger partial charge in [0.15, 0.2) is 0 Å². The van der Waals surface area contributed by atoms with Crippen LogP contribution in [0.25, 0.3) is 0 Å². The third kappa shape index (κ3) is 26.7. The summed E-state index contributed by atoms with van der Waals surface area (Å²) in [7, 11) is 2.14. The number of hydrogen-bond acceptors (Lipinski definition) is 2. The second-order valence-corrected chi connectivity index (χ2v) is 7.70. The van der Waals surface area contributed by atoms with Gasteiger partial charge in [0.1, 0.15) is 0 Å². The molecular weight excluding hydrogens is 310 g/mol. The lowest BCUT2D eigenvalue weighted by molar-refractivity contribution is 0.566. The van der Waals surface area contributed by atoms with E-state index in [2.05, 4.69) is 44.8 Å². The summed E-state index contributed by atoms with van der Waals surface area (Å²) in [6.07, 6.45) is 22.7. The Morgan fingerprint density at radius 2 is 1.33 bits per heavy atom. The van der Waals surface area contributed by atoms with Crippen LogP contribution in [-0.4, -0.2) is 23.7 Å². The van der Waals surface area contributed by atoms with Gasteiger partial charge in [0.2, 0.25) is 0 Å². The fourth-order valence-corrected chi connectivity index (χ4v) is 3.13. The minimum absolute atomic E-state index is 1.15. The second-order valence-electron chi connectivity index (χ2n) is 6.41. The fourth-order valence-electron chi connectivity index (χ4n) is 2.22. The van der Waals surface area contributed by atoms with Crippen molar-refractivity contribution < 1.29 is 0 Å². The molecule has 0 saturated carbocycles. The van der Waals surface area contributed by atoms with Crippen LogP contribution in [0.2, 0.25) is 0 Å². The van der Waals surface area contributed by atoms with Gasteiger partial charge in [-0.3, -0.25) is 4.31 Å². The van der Waals surface area contributed by atoms with Crippen LogP contribution in [-0.2, 0) is 0 Å². The fraction of sp³-hybridized carbons (Fsp3) is 0.818. The third-order valence-corrected chi connectivity index (χ3v) is 5.17. The second kappa shape index (κ2) is 25.0. The van der Waals surface area contributed by atoms with Crippen LogP contribution >= 0.6 is 11.9 Å². The minimum atomic E-state index is 1.15. The highest BCUT2D eigenvalue weighted by Crippen LogP contribution is 2.10. The number of nitrogens with zero attached hydrogens (tertiary/aromatic N) is 1. The van der Waals surface area contributed by atoms with Gasteiger partial charge in [0.25, 0.3) is 0 Å². The van der Waals surface area contributed by atoms with Crippen LogP contribution in [0.15, 0.2) is 24.8 Å². The van der Waals surface area contributed by atoms with Crippen molar-refractivity contribution in [3.05, 3.63) is 24.8 Å². The molecule has 0 unspecified atom stereocenters. The summed E-state index contributed by atoms with van der Waals surface area (Å²) < 4.78 is 2.27. The number of allylic oxidation sites excluding steroid dienone is 3. The Balaban J connectivity index is 0. The molecule has 0 heterocycles. The molecule has 0 aliphatic rings. The van der Waals surface area contributed by atoms with E-state index < -0.39 is 0 Å². The number of hydrogen-bond donors (Lipinski definition) is 0. The van der Waals surface area contributed by atoms with Gasteiger partial charge in [-0.25, -0.2) is 0 Å². The summed E-state index contributed by atoms with van der Waals surface area (Å²) in [5, 5.41) is 0. The SMILES string of the molecule is C=C/C=C\CCCCCCCCCCC.CCCCSN(C)CC. The molecule has 0 bridgehead atoms. The van der Waals surface area contributed by atoms with Crippen LogP contribution in [0, 0.1) is 0 Å². The van der Waals surface area contributed by atoms with E-state index in [9.17, 15) is 0 Å². The average molecular weight is 356 g/mol. The molecule has 0 rings (SSSR count). The topological polar surface area (TPSA) is 3.24 Å². The first kappa shape index (κ1) is 26.0. The van der Waals surface area contributed by atoms with Gasteiger partial charge in [0.05, 0.1) is 0 Å². The van der Waals surface area contributed by atoms with Gasteiger partial charge >= 0.3 is 0 Å². The van der Waals surface area contributed by atoms with E-state index in [1.807, 2.05) is 24.1 Å². The molecule has 0 atom stereocenters. The maximum atomic E-state index is 3.66. The molecule has 0 aromatic rings. The molecule has 0 spiro atoms. The van der Waals surface area contributed by atoms with E-state index in [-0.39, 0.29) is 0 Å². The number of unbranched alkanes of at least 4 members (excludes halogenated alkanes) is 10. The quantitative estimate of drug-likeness (QED) is 0.156. The molecular formula is C22H45NS. The Labute approximate surface area is 158 Å². The zero-order chi connectivity index (χ0) is 18.3. The molecule has 0 saturated heterocycles. The van der Waals surface area contributed by atoms with Crippen molar-refractivity contribution in [1.82, 2.24) is 4.31 Å². The Morgan fingerprint density at radius 3 is 1.83 bits per heavy atom. The lowest BCUT2D eigenvalue weighted by atomic mass is 10.1. The van der Waals surface area contributed by atoms with Crippen LogP contribution in [0.3, 0.4) is 0 Å². The summed E-state index contributed by atoms with van der Waals surface area (Å²) in [5.41, 5.74) is 0. The van der Waals surface area contributed by atoms with Crippen molar-refractivity contribution in [1.29, 1.82) is 0 Å². The maximum Gasteiger partial charge on any atom is 0.00806 e. The van der Waals surface area contributed by atoms with Crippen molar-refractivity contribution in [2.24, 2.45) is 0 Å². The Hall–Kier alpha value is -0.210. The maximum absolute atomic E-state index is 3.66. The zero-order valence-electron chi connectivity index (χ0n) is 17.2. The molecule has 24 heavy (non-hydrogen) atoms. The zero-order valence-corrected chi connectivity index (χ0v) is 18.0. The first-order valence-corrected chi connectivity index (χ1v) is 11.3. The minimum Gasteiger partial charge on any atom is -0.254 e. The Morgan fingerprint density at radius 1 is 0.792 bits per heavy atom. The van der Waals surface area contributed by atoms with Gasteiger partial charge in [-0.05, 0) is 26.3 Å². The lowest BCUT2D eigenvalue weighted by Crippen LogP contribution is -2.07. The van der Waals surface area contributed by atoms with Crippen LogP contribution in [0.4, 0.5) is 0 Å². The summed E-state index contributed by atoms with van der Waals surface area (Å²) in [6.45, 7) is 11.5. The molecule has 0 aromatic carbocycles. The normalized spacial score (nSPS) is 10.9. The van der Waals surface area contributed by atoms with E-state index in [0.717, 1.165) is 6.54 Å². The Kier molecular flexibility index (Phi) is 27.1. The average Bonchev–Trinajstić information content (AvgIpc) is 2.60. The predicted octanol–water partition coefficient (Wildman–Crippen LogP) is 8.04. The van der Waals surface area contributed by atoms with Crippen LogP contribution < -0.4 is 0 Å². The summed E-state index contributed by atoms with van der Waals surface area (Å²) in [4.78, 5) is 0. The highest BCUT2D eigenvalue weighted by atomic mass is 32.2. The van der Waals surface area contributed by atoms with Gasteiger partial charge in [0, 0.05) is 12.3 Å². The molecule has 0 aliphatic carbocycles. The van der Waals surface area contributed by atoms with Crippen molar-refractivity contribution >= 4 is 11.9 Å². The monoisotopic (exact) mass is 355 g/mol. The van der Waals surface area contributed by atoms with E-state index in [1.165, 1.54) is 82.8 Å². The molecule has 0 N–H and O–H groups in total. The highest BCUT2D eigenvalue weighted by molar-refractivity contribution is 7.96. The first-order valence-electron chi connectivity index (χ1n) is 10.3. The molecule has 0 radical (unpaired) electrons. The Bertz CT molecular complexity index is 250. The van der Waals surface area contributed by atoms with Crippen LogP contribution in [0.1, 0.15) is 97.8 Å². The molecule has 0 fully saturated rings. The third-order valence-electron chi connectivity index (χ3n) is 4.00. The van der Waals surface area contributed by atoms with Crippen molar-refractivity contribution in [2.75, 3.05) is 19.3 Å². The summed E-state index contributed by atoms with van der Waals surface area (Å²) in [5.74, 6) is 1.28. The summed E-state index contributed by atoms with van der Waals surface area (Å²) in [6, 6.07) is 0. The first-order chi connectivity index (χ1) is 11.7. The molecule has 1 nitrogen and oxygen atoms in total. The summed E-state index contributed by atoms with van der Waals surface area (Å²) >= 11 is 1.93. The standard InChI is InChI=1S/C15H28.C7H17NS/c1-3-5-7-9-11-13-15-14-12-10-8-6-4-2;1-4-6-7-9-8(3)5-2/h3,5,7H,1,4,6,8-15H2,2H3;4-7H2,1-3H3/b7-5-;. The van der Waals surface area contributed by atoms with Crippen LogP contribution in [0.5, 0.6) is 0 Å².